The molecular weight excluding hydrogens is 252 g/mol. The third-order valence-corrected chi connectivity index (χ3v) is 4.12. The van der Waals surface area contributed by atoms with E-state index in [1.54, 1.807) is 0 Å². The van der Waals surface area contributed by atoms with E-state index in [2.05, 4.69) is 27.4 Å². The fourth-order valence-electron chi connectivity index (χ4n) is 3.12. The summed E-state index contributed by atoms with van der Waals surface area (Å²) in [4.78, 5) is 7.61. The molecule has 1 fully saturated rings. The molecule has 0 spiro atoms. The van der Waals surface area contributed by atoms with Gasteiger partial charge in [0, 0.05) is 18.7 Å². The molecule has 2 atom stereocenters. The third kappa shape index (κ3) is 2.93. The maximum atomic E-state index is 5.41. The molecule has 0 saturated heterocycles. The van der Waals surface area contributed by atoms with Gasteiger partial charge in [-0.3, -0.25) is 0 Å². The van der Waals surface area contributed by atoms with Crippen LogP contribution in [-0.4, -0.2) is 27.7 Å². The standard InChI is InChI=1S/C15H22N4O/c1-2-16-12-7-4-3-6-11(12)10-14-18-15(19-20-14)13-8-5-9-17-13/h5,8-9,11-12,16-17H,2-4,6-7,10H2,1H3. The fraction of sp³-hybridized carbons (Fsp3) is 0.600. The summed E-state index contributed by atoms with van der Waals surface area (Å²) in [5.41, 5.74) is 0.909. The quantitative estimate of drug-likeness (QED) is 0.879. The van der Waals surface area contributed by atoms with Crippen molar-refractivity contribution >= 4 is 0 Å². The van der Waals surface area contributed by atoms with Crippen LogP contribution in [0.5, 0.6) is 0 Å². The second-order valence-electron chi connectivity index (χ2n) is 5.51. The molecule has 20 heavy (non-hydrogen) atoms. The maximum absolute atomic E-state index is 5.41. The predicted molar refractivity (Wildman–Crippen MR) is 77.2 cm³/mol. The summed E-state index contributed by atoms with van der Waals surface area (Å²) in [5, 5.41) is 7.65. The van der Waals surface area contributed by atoms with E-state index in [0.29, 0.717) is 17.8 Å². The Labute approximate surface area is 119 Å². The molecule has 2 heterocycles. The lowest BCUT2D eigenvalue weighted by Gasteiger charge is -2.31. The molecule has 1 aliphatic rings. The van der Waals surface area contributed by atoms with E-state index in [1.165, 1.54) is 25.7 Å². The van der Waals surface area contributed by atoms with Crippen LogP contribution in [0.15, 0.2) is 22.9 Å². The second-order valence-corrected chi connectivity index (χ2v) is 5.51. The molecule has 0 amide bonds. The Morgan fingerprint density at radius 2 is 2.30 bits per heavy atom. The second kappa shape index (κ2) is 6.22. The number of hydrogen-bond acceptors (Lipinski definition) is 4. The lowest BCUT2D eigenvalue weighted by molar-refractivity contribution is 0.242. The van der Waals surface area contributed by atoms with Crippen LogP contribution in [0.1, 0.15) is 38.5 Å². The van der Waals surface area contributed by atoms with Crippen LogP contribution >= 0.6 is 0 Å². The van der Waals surface area contributed by atoms with Crippen molar-refractivity contribution in [3.63, 3.8) is 0 Å². The zero-order valence-corrected chi connectivity index (χ0v) is 11.9. The largest absolute Gasteiger partial charge is 0.359 e. The number of hydrogen-bond donors (Lipinski definition) is 2. The van der Waals surface area contributed by atoms with E-state index in [4.69, 9.17) is 4.52 Å². The average molecular weight is 274 g/mol. The Hall–Kier alpha value is -1.62. The molecule has 0 aliphatic heterocycles. The SMILES string of the molecule is CCNC1CCCCC1Cc1nc(-c2ccc[nH]2)no1. The minimum absolute atomic E-state index is 0.592. The van der Waals surface area contributed by atoms with Crippen LogP contribution in [0.2, 0.25) is 0 Å². The molecule has 2 aromatic rings. The van der Waals surface area contributed by atoms with Crippen molar-refractivity contribution in [2.75, 3.05) is 6.54 Å². The van der Waals surface area contributed by atoms with E-state index < -0.39 is 0 Å². The molecule has 5 heteroatoms. The van der Waals surface area contributed by atoms with Gasteiger partial charge in [-0.25, -0.2) is 0 Å². The molecule has 108 valence electrons. The summed E-state index contributed by atoms with van der Waals surface area (Å²) in [5.74, 6) is 2.02. The van der Waals surface area contributed by atoms with Crippen LogP contribution in [0.25, 0.3) is 11.5 Å². The van der Waals surface area contributed by atoms with Crippen LogP contribution in [0.4, 0.5) is 0 Å². The smallest absolute Gasteiger partial charge is 0.227 e. The third-order valence-electron chi connectivity index (χ3n) is 4.12. The van der Waals surface area contributed by atoms with Gasteiger partial charge in [-0.1, -0.05) is 24.9 Å². The van der Waals surface area contributed by atoms with Crippen LogP contribution in [0.3, 0.4) is 0 Å². The van der Waals surface area contributed by atoms with Crippen molar-refractivity contribution in [2.24, 2.45) is 5.92 Å². The van der Waals surface area contributed by atoms with Crippen LogP contribution in [-0.2, 0) is 6.42 Å². The highest BCUT2D eigenvalue weighted by Gasteiger charge is 2.26. The number of rotatable bonds is 5. The van der Waals surface area contributed by atoms with Gasteiger partial charge < -0.3 is 14.8 Å². The average Bonchev–Trinajstić information content (AvgIpc) is 3.12. The van der Waals surface area contributed by atoms with Gasteiger partial charge in [0.05, 0.1) is 5.69 Å². The van der Waals surface area contributed by atoms with Gasteiger partial charge in [0.15, 0.2) is 0 Å². The first-order valence-corrected chi connectivity index (χ1v) is 7.56. The van der Waals surface area contributed by atoms with Crippen molar-refractivity contribution in [1.82, 2.24) is 20.4 Å². The molecular formula is C15H22N4O. The highest BCUT2D eigenvalue weighted by atomic mass is 16.5. The van der Waals surface area contributed by atoms with E-state index in [1.807, 2.05) is 18.3 Å². The van der Waals surface area contributed by atoms with Gasteiger partial charge in [-0.05, 0) is 37.4 Å². The lowest BCUT2D eigenvalue weighted by atomic mass is 9.82. The Balaban J connectivity index is 1.67. The number of aromatic nitrogens is 3. The van der Waals surface area contributed by atoms with E-state index in [-0.39, 0.29) is 0 Å². The Morgan fingerprint density at radius 1 is 1.40 bits per heavy atom. The van der Waals surface area contributed by atoms with Gasteiger partial charge in [0.2, 0.25) is 11.7 Å². The van der Waals surface area contributed by atoms with E-state index in [9.17, 15) is 0 Å². The first kappa shape index (κ1) is 13.4. The molecule has 0 aromatic carbocycles. The molecule has 1 saturated carbocycles. The highest BCUT2D eigenvalue weighted by Crippen LogP contribution is 2.27. The van der Waals surface area contributed by atoms with Gasteiger partial charge in [-0.2, -0.15) is 4.98 Å². The predicted octanol–water partition coefficient (Wildman–Crippen LogP) is 2.78. The molecule has 0 bridgehead atoms. The normalized spacial score (nSPS) is 23.1. The van der Waals surface area contributed by atoms with Gasteiger partial charge in [0.1, 0.15) is 0 Å². The molecule has 2 unspecified atom stereocenters. The minimum Gasteiger partial charge on any atom is -0.359 e. The number of nitrogens with zero attached hydrogens (tertiary/aromatic N) is 2. The van der Waals surface area contributed by atoms with E-state index >= 15 is 0 Å². The van der Waals surface area contributed by atoms with Gasteiger partial charge >= 0.3 is 0 Å². The molecule has 5 nitrogen and oxygen atoms in total. The summed E-state index contributed by atoms with van der Waals surface area (Å²) in [6.45, 7) is 3.19. The zero-order valence-electron chi connectivity index (χ0n) is 11.9. The van der Waals surface area contributed by atoms with Crippen molar-refractivity contribution in [3.8, 4) is 11.5 Å². The molecule has 0 radical (unpaired) electrons. The monoisotopic (exact) mass is 274 g/mol. The van der Waals surface area contributed by atoms with Gasteiger partial charge in [-0.15, -0.1) is 0 Å². The minimum atomic E-state index is 0.592. The van der Waals surface area contributed by atoms with Crippen LogP contribution < -0.4 is 5.32 Å². The molecule has 2 aromatic heterocycles. The first-order valence-electron chi connectivity index (χ1n) is 7.56. The Kier molecular flexibility index (Phi) is 4.16. The van der Waals surface area contributed by atoms with Crippen LogP contribution in [0, 0.1) is 5.92 Å². The molecule has 3 rings (SSSR count). The summed E-state index contributed by atoms with van der Waals surface area (Å²) in [6.07, 6.45) is 7.89. The van der Waals surface area contributed by atoms with E-state index in [0.717, 1.165) is 24.6 Å². The lowest BCUT2D eigenvalue weighted by Crippen LogP contribution is -2.39. The number of aromatic amines is 1. The summed E-state index contributed by atoms with van der Waals surface area (Å²) >= 11 is 0. The summed E-state index contributed by atoms with van der Waals surface area (Å²) < 4.78 is 5.41. The van der Waals surface area contributed by atoms with Gasteiger partial charge in [0.25, 0.3) is 0 Å². The maximum Gasteiger partial charge on any atom is 0.227 e. The molecule has 2 N–H and O–H groups in total. The van der Waals surface area contributed by atoms with Crippen molar-refractivity contribution in [1.29, 1.82) is 0 Å². The summed E-state index contributed by atoms with van der Waals surface area (Å²) in [7, 11) is 0. The number of nitrogens with one attached hydrogen (secondary N) is 2. The van der Waals surface area contributed by atoms with Crippen molar-refractivity contribution in [2.45, 2.75) is 45.1 Å². The number of H-pyrrole nitrogens is 1. The Morgan fingerprint density at radius 3 is 3.10 bits per heavy atom. The fourth-order valence-corrected chi connectivity index (χ4v) is 3.12. The summed E-state index contributed by atoms with van der Waals surface area (Å²) in [6, 6.07) is 4.49. The zero-order chi connectivity index (χ0) is 13.8. The van der Waals surface area contributed by atoms with Crippen molar-refractivity contribution < 1.29 is 4.52 Å². The topological polar surface area (TPSA) is 66.7 Å². The molecule has 1 aliphatic carbocycles. The van der Waals surface area contributed by atoms with Crippen molar-refractivity contribution in [3.05, 3.63) is 24.2 Å². The highest BCUT2D eigenvalue weighted by molar-refractivity contribution is 5.47. The Bertz CT molecular complexity index is 518. The first-order chi connectivity index (χ1) is 9.86.